The van der Waals surface area contributed by atoms with E-state index in [-0.39, 0.29) is 16.9 Å². The van der Waals surface area contributed by atoms with Crippen molar-refractivity contribution >= 4 is 21.1 Å². The molecule has 0 atom stereocenters. The van der Waals surface area contributed by atoms with Gasteiger partial charge in [-0.1, -0.05) is 11.6 Å². The molecule has 0 saturated carbocycles. The van der Waals surface area contributed by atoms with E-state index in [1.807, 2.05) is 6.92 Å². The summed E-state index contributed by atoms with van der Waals surface area (Å²) in [5.74, 6) is -0.259. The smallest absolute Gasteiger partial charge is 0.306 e. The van der Waals surface area contributed by atoms with Gasteiger partial charge in [-0.25, -0.2) is 0 Å². The summed E-state index contributed by atoms with van der Waals surface area (Å²) in [5, 5.41) is 0.244. The molecule has 0 spiro atoms. The summed E-state index contributed by atoms with van der Waals surface area (Å²) in [6.07, 6.45) is 2.25. The topological polar surface area (TPSA) is 86.7 Å². The molecule has 0 N–H and O–H groups in total. The van der Waals surface area contributed by atoms with Gasteiger partial charge in [-0.2, -0.15) is 8.42 Å². The average Bonchev–Trinajstić information content (AvgIpc) is 2.95. The molecular formula is C15H12O6S. The van der Waals surface area contributed by atoms with Crippen LogP contribution in [0.5, 0.6) is 5.75 Å². The third kappa shape index (κ3) is 2.62. The average molecular weight is 320 g/mol. The highest BCUT2D eigenvalue weighted by Crippen LogP contribution is 2.32. The Hall–Kier alpha value is -2.54. The SMILES string of the molecule is Cc1ccc2oc(-c3ccco3)c(OS(C)(=O)=O)c(=O)c2c1. The maximum Gasteiger partial charge on any atom is 0.306 e. The summed E-state index contributed by atoms with van der Waals surface area (Å²) >= 11 is 0. The van der Waals surface area contributed by atoms with Gasteiger partial charge < -0.3 is 13.0 Å². The standard InChI is InChI=1S/C15H12O6S/c1-9-5-6-11-10(8-9)13(16)15(21-22(2,17)18)14(20-11)12-4-3-7-19-12/h3-8H,1-2H3. The van der Waals surface area contributed by atoms with Crippen LogP contribution in [0.3, 0.4) is 0 Å². The van der Waals surface area contributed by atoms with E-state index >= 15 is 0 Å². The largest absolute Gasteiger partial charge is 0.461 e. The highest BCUT2D eigenvalue weighted by Gasteiger charge is 2.22. The second-order valence-electron chi connectivity index (χ2n) is 4.85. The molecule has 0 bridgehead atoms. The molecule has 0 aliphatic rings. The zero-order chi connectivity index (χ0) is 15.9. The molecular weight excluding hydrogens is 308 g/mol. The fourth-order valence-electron chi connectivity index (χ4n) is 2.09. The first-order valence-electron chi connectivity index (χ1n) is 6.36. The fraction of sp³-hybridized carbons (Fsp3) is 0.133. The molecule has 7 heteroatoms. The predicted molar refractivity (Wildman–Crippen MR) is 80.4 cm³/mol. The lowest BCUT2D eigenvalue weighted by Gasteiger charge is -2.08. The minimum absolute atomic E-state index is 0.0585. The van der Waals surface area contributed by atoms with E-state index in [0.29, 0.717) is 5.58 Å². The van der Waals surface area contributed by atoms with Crippen molar-refractivity contribution in [2.24, 2.45) is 0 Å². The van der Waals surface area contributed by atoms with Crippen LogP contribution >= 0.6 is 0 Å². The Morgan fingerprint density at radius 3 is 2.59 bits per heavy atom. The first-order valence-corrected chi connectivity index (χ1v) is 8.17. The Morgan fingerprint density at radius 1 is 1.18 bits per heavy atom. The van der Waals surface area contributed by atoms with Gasteiger partial charge in [0.2, 0.25) is 16.9 Å². The third-order valence-electron chi connectivity index (χ3n) is 2.98. The van der Waals surface area contributed by atoms with Crippen LogP contribution in [0.25, 0.3) is 22.5 Å². The summed E-state index contributed by atoms with van der Waals surface area (Å²) in [6.45, 7) is 1.82. The molecule has 0 radical (unpaired) electrons. The van der Waals surface area contributed by atoms with Gasteiger partial charge in [-0.05, 0) is 31.2 Å². The van der Waals surface area contributed by atoms with E-state index in [1.165, 1.54) is 6.26 Å². The second kappa shape index (κ2) is 5.03. The summed E-state index contributed by atoms with van der Waals surface area (Å²) < 4.78 is 38.6. The lowest BCUT2D eigenvalue weighted by molar-refractivity contribution is 0.469. The second-order valence-corrected chi connectivity index (χ2v) is 6.43. The minimum Gasteiger partial charge on any atom is -0.461 e. The fourth-order valence-corrected chi connectivity index (χ4v) is 2.54. The molecule has 0 aliphatic carbocycles. The number of fused-ring (bicyclic) bond motifs is 1. The lowest BCUT2D eigenvalue weighted by atomic mass is 10.1. The number of hydrogen-bond donors (Lipinski definition) is 0. The van der Waals surface area contributed by atoms with Gasteiger partial charge in [0.15, 0.2) is 5.76 Å². The van der Waals surface area contributed by atoms with Crippen LogP contribution in [0.2, 0.25) is 0 Å². The summed E-state index contributed by atoms with van der Waals surface area (Å²) in [6, 6.07) is 8.19. The molecule has 3 aromatic rings. The monoisotopic (exact) mass is 320 g/mol. The molecule has 6 nitrogen and oxygen atoms in total. The van der Waals surface area contributed by atoms with Gasteiger partial charge in [0.05, 0.1) is 17.9 Å². The van der Waals surface area contributed by atoms with Crippen LogP contribution in [-0.4, -0.2) is 14.7 Å². The van der Waals surface area contributed by atoms with Crippen molar-refractivity contribution in [3.63, 3.8) is 0 Å². The van der Waals surface area contributed by atoms with Gasteiger partial charge in [0, 0.05) is 0 Å². The minimum atomic E-state index is -3.89. The summed E-state index contributed by atoms with van der Waals surface area (Å²) in [7, 11) is -3.89. The van der Waals surface area contributed by atoms with Crippen LogP contribution in [0, 0.1) is 6.92 Å². The van der Waals surface area contributed by atoms with Crippen LogP contribution < -0.4 is 9.61 Å². The van der Waals surface area contributed by atoms with Crippen molar-refractivity contribution < 1.29 is 21.4 Å². The van der Waals surface area contributed by atoms with Gasteiger partial charge in [-0.3, -0.25) is 4.79 Å². The van der Waals surface area contributed by atoms with E-state index in [2.05, 4.69) is 0 Å². The Bertz CT molecular complexity index is 996. The zero-order valence-electron chi connectivity index (χ0n) is 11.8. The normalized spacial score (nSPS) is 11.7. The third-order valence-corrected chi connectivity index (χ3v) is 3.45. The summed E-state index contributed by atoms with van der Waals surface area (Å²) in [5.41, 5.74) is 0.598. The number of benzene rings is 1. The Morgan fingerprint density at radius 2 is 1.95 bits per heavy atom. The Balaban J connectivity index is 2.39. The van der Waals surface area contributed by atoms with Gasteiger partial charge in [0.25, 0.3) is 0 Å². The molecule has 3 rings (SSSR count). The molecule has 0 unspecified atom stereocenters. The maximum atomic E-state index is 12.6. The lowest BCUT2D eigenvalue weighted by Crippen LogP contribution is -2.15. The van der Waals surface area contributed by atoms with Gasteiger partial charge in [0.1, 0.15) is 5.58 Å². The molecule has 114 valence electrons. The number of furan rings is 1. The van der Waals surface area contributed by atoms with Crippen molar-refractivity contribution in [1.82, 2.24) is 0 Å². The molecule has 22 heavy (non-hydrogen) atoms. The van der Waals surface area contributed by atoms with E-state index < -0.39 is 21.3 Å². The van der Waals surface area contributed by atoms with Crippen LogP contribution in [-0.2, 0) is 10.1 Å². The van der Waals surface area contributed by atoms with Gasteiger partial charge in [-0.15, -0.1) is 0 Å². The van der Waals surface area contributed by atoms with Crippen molar-refractivity contribution in [1.29, 1.82) is 0 Å². The Kier molecular flexibility index (Phi) is 3.29. The number of rotatable bonds is 3. The number of aryl methyl sites for hydroxylation is 1. The van der Waals surface area contributed by atoms with Crippen molar-refractivity contribution in [3.05, 3.63) is 52.4 Å². The first kappa shape index (κ1) is 14.4. The predicted octanol–water partition coefficient (Wildman–Crippen LogP) is 2.70. The maximum absolute atomic E-state index is 12.6. The van der Waals surface area contributed by atoms with E-state index in [4.69, 9.17) is 13.0 Å². The highest BCUT2D eigenvalue weighted by atomic mass is 32.2. The van der Waals surface area contributed by atoms with E-state index in [1.54, 1.807) is 30.3 Å². The van der Waals surface area contributed by atoms with Crippen LogP contribution in [0.1, 0.15) is 5.56 Å². The first-order chi connectivity index (χ1) is 10.3. The van der Waals surface area contributed by atoms with Gasteiger partial charge >= 0.3 is 10.1 Å². The molecule has 0 fully saturated rings. The van der Waals surface area contributed by atoms with Crippen molar-refractivity contribution in [3.8, 4) is 17.3 Å². The molecule has 0 saturated heterocycles. The molecule has 2 aromatic heterocycles. The van der Waals surface area contributed by atoms with E-state index in [9.17, 15) is 13.2 Å². The summed E-state index contributed by atoms with van der Waals surface area (Å²) in [4.78, 5) is 12.6. The molecule has 2 heterocycles. The molecule has 0 amide bonds. The van der Waals surface area contributed by atoms with Crippen molar-refractivity contribution in [2.75, 3.05) is 6.26 Å². The van der Waals surface area contributed by atoms with Crippen LogP contribution in [0.4, 0.5) is 0 Å². The Labute approximate surface area is 126 Å². The zero-order valence-corrected chi connectivity index (χ0v) is 12.6. The quantitative estimate of drug-likeness (QED) is 0.690. The van der Waals surface area contributed by atoms with Crippen molar-refractivity contribution in [2.45, 2.75) is 6.92 Å². The molecule has 0 aliphatic heterocycles. The van der Waals surface area contributed by atoms with Crippen LogP contribution in [0.15, 0.2) is 50.2 Å². The van der Waals surface area contributed by atoms with E-state index in [0.717, 1.165) is 11.8 Å². The highest BCUT2D eigenvalue weighted by molar-refractivity contribution is 7.86. The number of hydrogen-bond acceptors (Lipinski definition) is 6. The molecule has 1 aromatic carbocycles.